The molecule has 2 aliphatic rings. The Bertz CT molecular complexity index is 1480. The molecule has 0 spiro atoms. The number of fused-ring (bicyclic) bond motifs is 1. The molecule has 0 bridgehead atoms. The first kappa shape index (κ1) is 40.1. The maximum atomic E-state index is 14.0. The second-order valence-electron chi connectivity index (χ2n) is 15.2. The lowest BCUT2D eigenvalue weighted by atomic mass is 9.85. The summed E-state index contributed by atoms with van der Waals surface area (Å²) in [7, 11) is -2.13. The van der Waals surface area contributed by atoms with Crippen LogP contribution in [0.25, 0.3) is 0 Å². The number of halogens is 2. The first-order chi connectivity index (χ1) is 22.5. The van der Waals surface area contributed by atoms with Crippen LogP contribution in [0.5, 0.6) is 0 Å². The second-order valence-corrected chi connectivity index (χ2v) is 17.3. The number of urea groups is 1. The molecule has 0 aromatic heterocycles. The first-order valence-corrected chi connectivity index (χ1v) is 18.3. The molecule has 3 rings (SSSR count). The van der Waals surface area contributed by atoms with Gasteiger partial charge < -0.3 is 31.3 Å². The molecule has 5 N–H and O–H groups in total. The molecule has 1 aromatic rings. The number of benzene rings is 1. The van der Waals surface area contributed by atoms with Crippen LogP contribution in [0.2, 0.25) is 0 Å². The molecule has 1 fully saturated rings. The summed E-state index contributed by atoms with van der Waals surface area (Å²) in [6, 6.07) is 1.05. The monoisotopic (exact) mass is 714 g/mol. The van der Waals surface area contributed by atoms with E-state index < -0.39 is 93.8 Å². The standard InChI is InChI=1S/C33H52F2N6O7S/c1-32(2,3)24(18-40(7)49(8,47)48)37-31(46)39-27(33(4,5)6)30(45)41-15-11-14-22(41)29(44)36-21(17-25(34)35)28(43)38-26-20-13-10-9-12-19(20)16-23(26)42/h9-10,12-13,21-27,42H,11,14-18H2,1-8H3,(H,36,44)(H,38,43)(H2,37,39,46)/t21-,22-,23-,24+,26+,27+/m0/s1. The lowest BCUT2D eigenvalue weighted by Gasteiger charge is -2.37. The first-order valence-electron chi connectivity index (χ1n) is 16.4. The number of nitrogens with one attached hydrogen (secondary N) is 4. The van der Waals surface area contributed by atoms with Crippen molar-refractivity contribution in [2.24, 2.45) is 10.8 Å². The Kier molecular flexibility index (Phi) is 12.8. The number of hydrogen-bond acceptors (Lipinski definition) is 7. The number of aliphatic hydroxyl groups excluding tert-OH is 1. The smallest absolute Gasteiger partial charge is 0.315 e. The second kappa shape index (κ2) is 15.7. The Balaban J connectivity index is 1.75. The third-order valence-electron chi connectivity index (χ3n) is 9.13. The van der Waals surface area contributed by atoms with Gasteiger partial charge in [0.05, 0.1) is 18.4 Å². The molecule has 0 radical (unpaired) electrons. The van der Waals surface area contributed by atoms with Gasteiger partial charge in [0.15, 0.2) is 0 Å². The number of carbonyl (C=O) groups excluding carboxylic acids is 4. The Labute approximate surface area is 288 Å². The number of alkyl halides is 2. The number of aliphatic hydroxyl groups is 1. The van der Waals surface area contributed by atoms with Crippen molar-refractivity contribution < 1.29 is 41.5 Å². The fourth-order valence-corrected chi connectivity index (χ4v) is 6.48. The minimum Gasteiger partial charge on any atom is -0.390 e. The average molecular weight is 715 g/mol. The van der Waals surface area contributed by atoms with Crippen LogP contribution in [-0.4, -0.2) is 110 Å². The van der Waals surface area contributed by atoms with Crippen LogP contribution in [0, 0.1) is 10.8 Å². The number of likely N-dealkylation sites (tertiary alicyclic amines) is 1. The summed E-state index contributed by atoms with van der Waals surface area (Å²) in [5.41, 5.74) is 0.0883. The van der Waals surface area contributed by atoms with Crippen LogP contribution in [0.1, 0.15) is 78.0 Å². The van der Waals surface area contributed by atoms with Crippen molar-refractivity contribution in [1.29, 1.82) is 0 Å². The molecule has 1 aromatic carbocycles. The highest BCUT2D eigenvalue weighted by molar-refractivity contribution is 7.88. The quantitative estimate of drug-likeness (QED) is 0.220. The van der Waals surface area contributed by atoms with Gasteiger partial charge in [-0.25, -0.2) is 26.3 Å². The molecule has 1 saturated heterocycles. The van der Waals surface area contributed by atoms with E-state index in [2.05, 4.69) is 21.3 Å². The van der Waals surface area contributed by atoms with Crippen molar-refractivity contribution in [3.63, 3.8) is 0 Å². The summed E-state index contributed by atoms with van der Waals surface area (Å²) in [5.74, 6) is -2.24. The van der Waals surface area contributed by atoms with Gasteiger partial charge in [0.2, 0.25) is 34.2 Å². The van der Waals surface area contributed by atoms with E-state index in [1.165, 1.54) is 11.9 Å². The lowest BCUT2D eigenvalue weighted by Crippen LogP contribution is -2.62. The van der Waals surface area contributed by atoms with Crippen molar-refractivity contribution in [3.05, 3.63) is 35.4 Å². The maximum Gasteiger partial charge on any atom is 0.315 e. The third-order valence-corrected chi connectivity index (χ3v) is 10.4. The molecule has 16 heteroatoms. The van der Waals surface area contributed by atoms with Gasteiger partial charge in [0.25, 0.3) is 0 Å². The van der Waals surface area contributed by atoms with Gasteiger partial charge >= 0.3 is 6.03 Å². The van der Waals surface area contributed by atoms with Crippen LogP contribution in [-0.2, 0) is 30.8 Å². The summed E-state index contributed by atoms with van der Waals surface area (Å²) < 4.78 is 52.5. The van der Waals surface area contributed by atoms with E-state index >= 15 is 0 Å². The molecular weight excluding hydrogens is 662 g/mol. The fourth-order valence-electron chi connectivity index (χ4n) is 6.06. The highest BCUT2D eigenvalue weighted by Gasteiger charge is 2.43. The lowest BCUT2D eigenvalue weighted by molar-refractivity contribution is -0.142. The van der Waals surface area contributed by atoms with E-state index in [9.17, 15) is 41.5 Å². The van der Waals surface area contributed by atoms with Gasteiger partial charge in [0, 0.05) is 39.0 Å². The summed E-state index contributed by atoms with van der Waals surface area (Å²) >= 11 is 0. The van der Waals surface area contributed by atoms with E-state index in [-0.39, 0.29) is 25.9 Å². The number of hydrogen-bond donors (Lipinski definition) is 5. The molecule has 49 heavy (non-hydrogen) atoms. The average Bonchev–Trinajstić information content (AvgIpc) is 3.58. The molecule has 1 aliphatic carbocycles. The van der Waals surface area contributed by atoms with Crippen LogP contribution >= 0.6 is 0 Å². The molecule has 0 unspecified atom stereocenters. The van der Waals surface area contributed by atoms with Crippen LogP contribution in [0.4, 0.5) is 13.6 Å². The largest absolute Gasteiger partial charge is 0.390 e. The topological polar surface area (TPSA) is 177 Å². The number of amides is 5. The molecule has 5 amide bonds. The van der Waals surface area contributed by atoms with Gasteiger partial charge in [-0.1, -0.05) is 65.8 Å². The van der Waals surface area contributed by atoms with Crippen molar-refractivity contribution >= 4 is 33.8 Å². The number of sulfonamides is 1. The summed E-state index contributed by atoms with van der Waals surface area (Å²) in [6.45, 7) is 10.9. The highest BCUT2D eigenvalue weighted by Crippen LogP contribution is 2.32. The molecule has 1 heterocycles. The minimum atomic E-state index is -3.54. The summed E-state index contributed by atoms with van der Waals surface area (Å²) in [5, 5.41) is 21.1. The van der Waals surface area contributed by atoms with Crippen LogP contribution in [0.15, 0.2) is 24.3 Å². The van der Waals surface area contributed by atoms with Gasteiger partial charge in [-0.15, -0.1) is 0 Å². The number of likely N-dealkylation sites (N-methyl/N-ethyl adjacent to an activating group) is 1. The Hall–Kier alpha value is -3.37. The van der Waals surface area contributed by atoms with Gasteiger partial charge in [-0.3, -0.25) is 14.4 Å². The summed E-state index contributed by atoms with van der Waals surface area (Å²) in [6.07, 6.45) is -2.90. The SMILES string of the molecule is CN(C[C@@H](NC(=O)N[C@H](C(=O)N1CCC[C@H]1C(=O)N[C@@H](CC(F)F)C(=O)N[C@@H]1c2ccccc2C[C@@H]1O)C(C)(C)C)C(C)(C)C)S(C)(=O)=O. The van der Waals surface area contributed by atoms with E-state index in [0.29, 0.717) is 12.0 Å². The van der Waals surface area contributed by atoms with Crippen molar-refractivity contribution in [1.82, 2.24) is 30.5 Å². The zero-order chi connectivity index (χ0) is 37.1. The Morgan fingerprint density at radius 1 is 1.02 bits per heavy atom. The van der Waals surface area contributed by atoms with Crippen molar-refractivity contribution in [3.8, 4) is 0 Å². The van der Waals surface area contributed by atoms with E-state index in [0.717, 1.165) is 16.1 Å². The van der Waals surface area contributed by atoms with E-state index in [4.69, 9.17) is 0 Å². The normalized spacial score (nSPS) is 21.6. The number of carbonyl (C=O) groups is 4. The van der Waals surface area contributed by atoms with Crippen LogP contribution in [0.3, 0.4) is 0 Å². The molecule has 1 aliphatic heterocycles. The molecular formula is C33H52F2N6O7S. The van der Waals surface area contributed by atoms with Gasteiger partial charge in [0.1, 0.15) is 18.1 Å². The van der Waals surface area contributed by atoms with Crippen molar-refractivity contribution in [2.45, 2.75) is 110 Å². The van der Waals surface area contributed by atoms with E-state index in [1.807, 2.05) is 20.8 Å². The molecule has 276 valence electrons. The van der Waals surface area contributed by atoms with Gasteiger partial charge in [-0.2, -0.15) is 0 Å². The number of rotatable bonds is 12. The third kappa shape index (κ3) is 10.6. The molecule has 6 atom stereocenters. The predicted molar refractivity (Wildman–Crippen MR) is 180 cm³/mol. The predicted octanol–water partition coefficient (Wildman–Crippen LogP) is 1.91. The van der Waals surface area contributed by atoms with Crippen LogP contribution < -0.4 is 21.3 Å². The molecule has 0 saturated carbocycles. The zero-order valence-electron chi connectivity index (χ0n) is 29.5. The summed E-state index contributed by atoms with van der Waals surface area (Å²) in [4.78, 5) is 55.4. The Morgan fingerprint density at radius 2 is 1.65 bits per heavy atom. The molecule has 13 nitrogen and oxygen atoms in total. The minimum absolute atomic E-state index is 0.0160. The highest BCUT2D eigenvalue weighted by atomic mass is 32.2. The zero-order valence-corrected chi connectivity index (χ0v) is 30.4. The maximum absolute atomic E-state index is 14.0. The van der Waals surface area contributed by atoms with E-state index in [1.54, 1.807) is 45.0 Å². The Morgan fingerprint density at radius 3 is 2.22 bits per heavy atom. The number of nitrogens with zero attached hydrogens (tertiary/aromatic N) is 2. The fraction of sp³-hybridized carbons (Fsp3) is 0.697. The van der Waals surface area contributed by atoms with Crippen molar-refractivity contribution in [2.75, 3.05) is 26.4 Å². The van der Waals surface area contributed by atoms with Gasteiger partial charge in [-0.05, 0) is 34.8 Å².